The lowest BCUT2D eigenvalue weighted by molar-refractivity contribution is 0.180. The van der Waals surface area contributed by atoms with Gasteiger partial charge in [-0.1, -0.05) is 60.7 Å². The molecule has 5 heteroatoms. The average molecular weight is 275 g/mol. The molecule has 0 bridgehead atoms. The quantitative estimate of drug-likeness (QED) is 0.668. The Morgan fingerprint density at radius 3 is 1.74 bits per heavy atom. The molecule has 0 saturated heterocycles. The van der Waals surface area contributed by atoms with Crippen molar-refractivity contribution < 1.29 is 14.2 Å². The third-order valence-electron chi connectivity index (χ3n) is 2.69. The summed E-state index contributed by atoms with van der Waals surface area (Å²) in [4.78, 5) is 11.4. The van der Waals surface area contributed by atoms with Crippen LogP contribution in [0.2, 0.25) is 0 Å². The number of carbonyl (C=O) groups is 1. The van der Waals surface area contributed by atoms with Crippen molar-refractivity contribution in [2.75, 3.05) is 0 Å². The number of hydrogen-bond acceptors (Lipinski definition) is 3. The molecule has 0 aliphatic heterocycles. The SMILES string of the molecule is O=C(NO)S(=O)C(c1ccccc1)c1ccccc1. The van der Waals surface area contributed by atoms with E-state index in [4.69, 9.17) is 5.21 Å². The molecule has 1 atom stereocenters. The Labute approximate surface area is 113 Å². The van der Waals surface area contributed by atoms with Gasteiger partial charge in [0.1, 0.15) is 10.8 Å². The largest absolute Gasteiger partial charge is 0.333 e. The van der Waals surface area contributed by atoms with Crippen LogP contribution in [-0.2, 0) is 10.8 Å². The number of benzene rings is 2. The normalized spacial score (nSPS) is 12.1. The minimum Gasteiger partial charge on any atom is -0.288 e. The highest BCUT2D eigenvalue weighted by Crippen LogP contribution is 2.28. The summed E-state index contributed by atoms with van der Waals surface area (Å²) in [5, 5.41) is 7.15. The Bertz CT molecular complexity index is 532. The molecule has 1 amide bonds. The molecule has 1 unspecified atom stereocenters. The molecular weight excluding hydrogens is 262 g/mol. The van der Waals surface area contributed by atoms with Crippen LogP contribution < -0.4 is 5.48 Å². The van der Waals surface area contributed by atoms with Gasteiger partial charge in [-0.05, 0) is 11.1 Å². The van der Waals surface area contributed by atoms with Crippen LogP contribution in [0.3, 0.4) is 0 Å². The lowest BCUT2D eigenvalue weighted by atomic mass is 10.0. The molecule has 0 saturated carbocycles. The first-order chi connectivity index (χ1) is 9.24. The molecule has 2 N–H and O–H groups in total. The van der Waals surface area contributed by atoms with E-state index in [0.29, 0.717) is 0 Å². The van der Waals surface area contributed by atoms with E-state index in [1.54, 1.807) is 24.3 Å². The fraction of sp³-hybridized carbons (Fsp3) is 0.0714. The second-order valence-corrected chi connectivity index (χ2v) is 5.34. The lowest BCUT2D eigenvalue weighted by Gasteiger charge is -2.16. The zero-order chi connectivity index (χ0) is 13.7. The van der Waals surface area contributed by atoms with Crippen LogP contribution in [0.1, 0.15) is 16.4 Å². The minimum absolute atomic E-state index is 0.602. The number of nitrogens with one attached hydrogen (secondary N) is 1. The van der Waals surface area contributed by atoms with Gasteiger partial charge in [0.25, 0.3) is 0 Å². The molecule has 0 aromatic heterocycles. The summed E-state index contributed by atoms with van der Waals surface area (Å²) in [6.07, 6.45) is 0. The topological polar surface area (TPSA) is 66.4 Å². The molecule has 0 heterocycles. The first-order valence-electron chi connectivity index (χ1n) is 5.68. The fourth-order valence-electron chi connectivity index (χ4n) is 1.85. The van der Waals surface area contributed by atoms with Crippen LogP contribution in [0.25, 0.3) is 0 Å². The summed E-state index contributed by atoms with van der Waals surface area (Å²) in [7, 11) is -1.90. The summed E-state index contributed by atoms with van der Waals surface area (Å²) in [6.45, 7) is 0. The van der Waals surface area contributed by atoms with Gasteiger partial charge in [-0.15, -0.1) is 0 Å². The summed E-state index contributed by atoms with van der Waals surface area (Å²) >= 11 is 0. The van der Waals surface area contributed by atoms with Gasteiger partial charge < -0.3 is 0 Å². The molecule has 2 rings (SSSR count). The molecule has 0 spiro atoms. The fourth-order valence-corrected chi connectivity index (χ4v) is 2.96. The second-order valence-electron chi connectivity index (χ2n) is 3.90. The first kappa shape index (κ1) is 13.5. The number of amides is 1. The molecule has 4 nitrogen and oxygen atoms in total. The minimum atomic E-state index is -1.90. The molecule has 19 heavy (non-hydrogen) atoms. The summed E-state index contributed by atoms with van der Waals surface area (Å²) in [5.74, 6) is 0. The molecule has 0 radical (unpaired) electrons. The van der Waals surface area contributed by atoms with Gasteiger partial charge in [-0.2, -0.15) is 0 Å². The Kier molecular flexibility index (Phi) is 4.43. The standard InChI is InChI=1S/C14H13NO3S/c16-14(15-17)19(18)13(11-7-3-1-4-8-11)12-9-5-2-6-10-12/h1-10,13,17H,(H,15,16). The van der Waals surface area contributed by atoms with Gasteiger partial charge in [0, 0.05) is 0 Å². The average Bonchev–Trinajstić information content (AvgIpc) is 2.49. The highest BCUT2D eigenvalue weighted by atomic mass is 32.2. The van der Waals surface area contributed by atoms with Crippen LogP contribution in [0, 0.1) is 0 Å². The lowest BCUT2D eigenvalue weighted by Crippen LogP contribution is -2.26. The van der Waals surface area contributed by atoms with E-state index < -0.39 is 21.3 Å². The summed E-state index contributed by atoms with van der Waals surface area (Å²) in [6, 6.07) is 18.2. The van der Waals surface area contributed by atoms with Crippen molar-refractivity contribution in [3.05, 3.63) is 71.8 Å². The van der Waals surface area contributed by atoms with Gasteiger partial charge in [0.2, 0.25) is 0 Å². The Morgan fingerprint density at radius 2 is 1.37 bits per heavy atom. The Morgan fingerprint density at radius 1 is 0.947 bits per heavy atom. The number of carbonyl (C=O) groups excluding carboxylic acids is 1. The molecule has 2 aromatic rings. The molecular formula is C14H13NO3S. The first-order valence-corrected chi connectivity index (χ1v) is 6.90. The number of rotatable bonds is 3. The smallest absolute Gasteiger partial charge is 0.288 e. The zero-order valence-electron chi connectivity index (χ0n) is 10.0. The molecule has 0 fully saturated rings. The van der Waals surface area contributed by atoms with Crippen molar-refractivity contribution in [1.29, 1.82) is 0 Å². The van der Waals surface area contributed by atoms with Crippen LogP contribution in [0.15, 0.2) is 60.7 Å². The van der Waals surface area contributed by atoms with Crippen molar-refractivity contribution in [2.24, 2.45) is 0 Å². The van der Waals surface area contributed by atoms with Crippen molar-refractivity contribution in [2.45, 2.75) is 5.25 Å². The van der Waals surface area contributed by atoms with Gasteiger partial charge in [0.15, 0.2) is 0 Å². The maximum absolute atomic E-state index is 12.2. The highest BCUT2D eigenvalue weighted by molar-refractivity contribution is 8.00. The number of hydroxylamine groups is 1. The van der Waals surface area contributed by atoms with Crippen molar-refractivity contribution in [3.63, 3.8) is 0 Å². The molecule has 0 aliphatic rings. The Hall–Kier alpha value is -1.98. The predicted octanol–water partition coefficient (Wildman–Crippen LogP) is 2.62. The highest BCUT2D eigenvalue weighted by Gasteiger charge is 2.26. The summed E-state index contributed by atoms with van der Waals surface area (Å²) < 4.78 is 12.2. The van der Waals surface area contributed by atoms with E-state index in [1.165, 1.54) is 5.48 Å². The third-order valence-corrected chi connectivity index (χ3v) is 4.12. The Balaban J connectivity index is 2.46. The van der Waals surface area contributed by atoms with E-state index in [9.17, 15) is 9.00 Å². The van der Waals surface area contributed by atoms with Gasteiger partial charge in [-0.3, -0.25) is 10.0 Å². The maximum Gasteiger partial charge on any atom is 0.333 e. The monoisotopic (exact) mass is 275 g/mol. The van der Waals surface area contributed by atoms with Crippen LogP contribution in [0.5, 0.6) is 0 Å². The van der Waals surface area contributed by atoms with Crippen LogP contribution >= 0.6 is 0 Å². The third kappa shape index (κ3) is 3.07. The molecule has 98 valence electrons. The number of hydrogen-bond donors (Lipinski definition) is 2. The van der Waals surface area contributed by atoms with Crippen molar-refractivity contribution in [1.82, 2.24) is 5.48 Å². The van der Waals surface area contributed by atoms with E-state index in [-0.39, 0.29) is 0 Å². The van der Waals surface area contributed by atoms with E-state index in [2.05, 4.69) is 0 Å². The van der Waals surface area contributed by atoms with Gasteiger partial charge in [-0.25, -0.2) is 9.69 Å². The van der Waals surface area contributed by atoms with Gasteiger partial charge in [0.05, 0.1) is 5.25 Å². The maximum atomic E-state index is 12.2. The summed E-state index contributed by atoms with van der Waals surface area (Å²) in [5.41, 5.74) is 2.97. The van der Waals surface area contributed by atoms with Gasteiger partial charge >= 0.3 is 5.24 Å². The van der Waals surface area contributed by atoms with Crippen molar-refractivity contribution in [3.8, 4) is 0 Å². The van der Waals surface area contributed by atoms with Crippen LogP contribution in [-0.4, -0.2) is 14.7 Å². The molecule has 0 aliphatic carbocycles. The van der Waals surface area contributed by atoms with E-state index in [1.807, 2.05) is 36.4 Å². The van der Waals surface area contributed by atoms with E-state index in [0.717, 1.165) is 11.1 Å². The molecule has 2 aromatic carbocycles. The van der Waals surface area contributed by atoms with Crippen LogP contribution in [0.4, 0.5) is 4.79 Å². The zero-order valence-corrected chi connectivity index (χ0v) is 10.8. The van der Waals surface area contributed by atoms with Crippen molar-refractivity contribution >= 4 is 16.0 Å². The predicted molar refractivity (Wildman–Crippen MR) is 73.2 cm³/mol. The second kappa shape index (κ2) is 6.26. The van der Waals surface area contributed by atoms with E-state index >= 15 is 0 Å².